The Hall–Kier alpha value is -0.560. The van der Waals surface area contributed by atoms with Gasteiger partial charge in [0.2, 0.25) is 0 Å². The van der Waals surface area contributed by atoms with Gasteiger partial charge in [0, 0.05) is 0 Å². The van der Waals surface area contributed by atoms with Gasteiger partial charge in [0.25, 0.3) is 0 Å². The number of hydrogen-bond acceptors (Lipinski definition) is 1. The van der Waals surface area contributed by atoms with E-state index in [1.54, 1.807) is 0 Å². The molecule has 0 saturated carbocycles. The largest absolute Gasteiger partial charge is 0.333 e. The van der Waals surface area contributed by atoms with Gasteiger partial charge in [0.15, 0.2) is 0 Å². The van der Waals surface area contributed by atoms with Crippen LogP contribution >= 0.6 is 0 Å². The molecular formula is C16H35N. The van der Waals surface area contributed by atoms with E-state index in [0.717, 1.165) is 0 Å². The first kappa shape index (κ1) is 21.7. The Morgan fingerprint density at radius 3 is 1.71 bits per heavy atom. The van der Waals surface area contributed by atoms with E-state index in [1.807, 2.05) is 13.8 Å². The predicted octanol–water partition coefficient (Wildman–Crippen LogP) is 5.47. The first-order chi connectivity index (χ1) is 8.15. The highest BCUT2D eigenvalue weighted by Gasteiger charge is 1.96. The molecule has 0 fully saturated rings. The summed E-state index contributed by atoms with van der Waals surface area (Å²) >= 11 is 0. The summed E-state index contributed by atoms with van der Waals surface area (Å²) in [6.45, 7) is 15.2. The van der Waals surface area contributed by atoms with Gasteiger partial charge in [0.05, 0.1) is 0 Å². The third-order valence-electron chi connectivity index (χ3n) is 2.52. The minimum absolute atomic E-state index is 1.17. The van der Waals surface area contributed by atoms with Gasteiger partial charge in [0.1, 0.15) is 0 Å². The third-order valence-corrected chi connectivity index (χ3v) is 2.52. The van der Waals surface area contributed by atoms with Crippen LogP contribution in [0, 0.1) is 0 Å². The molecule has 0 heterocycles. The molecule has 104 valence electrons. The smallest absolute Gasteiger partial charge is 0.0195 e. The van der Waals surface area contributed by atoms with Crippen LogP contribution in [0.1, 0.15) is 74.1 Å². The van der Waals surface area contributed by atoms with Crippen LogP contribution in [-0.4, -0.2) is 7.05 Å². The van der Waals surface area contributed by atoms with Gasteiger partial charge < -0.3 is 5.73 Å². The summed E-state index contributed by atoms with van der Waals surface area (Å²) in [5.41, 5.74) is 9.10. The zero-order valence-electron chi connectivity index (χ0n) is 13.5. The Morgan fingerprint density at radius 1 is 0.941 bits per heavy atom. The molecule has 0 aromatic rings. The summed E-state index contributed by atoms with van der Waals surface area (Å²) < 4.78 is 0. The van der Waals surface area contributed by atoms with E-state index in [0.29, 0.717) is 0 Å². The summed E-state index contributed by atoms with van der Waals surface area (Å²) in [5, 5.41) is 0. The fourth-order valence-electron chi connectivity index (χ4n) is 1.52. The van der Waals surface area contributed by atoms with E-state index in [1.165, 1.54) is 49.5 Å². The number of nitrogens with two attached hydrogens (primary N) is 1. The van der Waals surface area contributed by atoms with E-state index in [9.17, 15) is 0 Å². The molecule has 0 aromatic heterocycles. The van der Waals surface area contributed by atoms with Crippen molar-refractivity contribution >= 4 is 0 Å². The van der Waals surface area contributed by atoms with Crippen molar-refractivity contribution in [2.24, 2.45) is 5.73 Å². The molecule has 0 aromatic carbocycles. The minimum Gasteiger partial charge on any atom is -0.333 e. The van der Waals surface area contributed by atoms with E-state index >= 15 is 0 Å². The average Bonchev–Trinajstić information content (AvgIpc) is 2.40. The van der Waals surface area contributed by atoms with Crippen LogP contribution in [0.3, 0.4) is 0 Å². The lowest BCUT2D eigenvalue weighted by Gasteiger charge is -2.06. The van der Waals surface area contributed by atoms with Crippen molar-refractivity contribution in [2.45, 2.75) is 74.1 Å². The van der Waals surface area contributed by atoms with Crippen LogP contribution in [0.2, 0.25) is 0 Å². The lowest BCUT2D eigenvalue weighted by atomic mass is 10.0. The van der Waals surface area contributed by atoms with Crippen LogP contribution in [0.25, 0.3) is 0 Å². The van der Waals surface area contributed by atoms with Gasteiger partial charge in [-0.1, -0.05) is 58.3 Å². The number of hydrogen-bond donors (Lipinski definition) is 1. The Kier molecular flexibility index (Phi) is 22.7. The summed E-state index contributed by atoms with van der Waals surface area (Å²) in [6.07, 6.45) is 7.22. The van der Waals surface area contributed by atoms with Gasteiger partial charge in [-0.15, -0.1) is 0 Å². The van der Waals surface area contributed by atoms with Crippen molar-refractivity contribution < 1.29 is 0 Å². The first-order valence-electron chi connectivity index (χ1n) is 7.09. The molecule has 2 N–H and O–H groups in total. The van der Waals surface area contributed by atoms with Crippen molar-refractivity contribution in [1.29, 1.82) is 0 Å². The monoisotopic (exact) mass is 241 g/mol. The molecule has 1 nitrogen and oxygen atoms in total. The molecule has 0 rings (SSSR count). The molecule has 0 aliphatic carbocycles. The van der Waals surface area contributed by atoms with E-state index in [-0.39, 0.29) is 0 Å². The summed E-state index contributed by atoms with van der Waals surface area (Å²) in [6, 6.07) is 0. The minimum atomic E-state index is 1.17. The molecule has 0 atom stereocenters. The van der Waals surface area contributed by atoms with E-state index in [4.69, 9.17) is 0 Å². The highest BCUT2D eigenvalue weighted by Crippen LogP contribution is 2.16. The van der Waals surface area contributed by atoms with Crippen molar-refractivity contribution in [2.75, 3.05) is 7.05 Å². The van der Waals surface area contributed by atoms with Crippen LogP contribution in [0.15, 0.2) is 22.8 Å². The van der Waals surface area contributed by atoms with Gasteiger partial charge in [-0.3, -0.25) is 0 Å². The molecular weight excluding hydrogens is 206 g/mol. The molecule has 0 bridgehead atoms. The molecule has 0 saturated heterocycles. The Morgan fingerprint density at radius 2 is 1.41 bits per heavy atom. The molecule has 0 unspecified atom stereocenters. The molecule has 1 heteroatoms. The molecule has 0 amide bonds. The van der Waals surface area contributed by atoms with Crippen molar-refractivity contribution in [3.8, 4) is 0 Å². The third kappa shape index (κ3) is 13.4. The highest BCUT2D eigenvalue weighted by atomic mass is 14.4. The second-order valence-electron chi connectivity index (χ2n) is 3.75. The quantitative estimate of drug-likeness (QED) is 0.635. The fraction of sp³-hybridized carbons (Fsp3) is 0.750. The molecule has 0 aliphatic heterocycles. The maximum absolute atomic E-state index is 4.50. The summed E-state index contributed by atoms with van der Waals surface area (Å²) in [7, 11) is 1.50. The van der Waals surface area contributed by atoms with Gasteiger partial charge >= 0.3 is 0 Å². The molecule has 0 aliphatic rings. The van der Waals surface area contributed by atoms with Crippen molar-refractivity contribution in [3.05, 3.63) is 22.8 Å². The predicted molar refractivity (Wildman–Crippen MR) is 83.4 cm³/mol. The lowest BCUT2D eigenvalue weighted by molar-refractivity contribution is 0.898. The zero-order chi connectivity index (χ0) is 14.3. The van der Waals surface area contributed by atoms with E-state index < -0.39 is 0 Å². The SMILES string of the molecule is CC.CCC/C(C)=C\C(CC)=C(/C)CC.CN. The molecule has 0 spiro atoms. The van der Waals surface area contributed by atoms with Crippen LogP contribution < -0.4 is 5.73 Å². The first-order valence-corrected chi connectivity index (χ1v) is 7.09. The average molecular weight is 241 g/mol. The Bertz CT molecular complexity index is 200. The van der Waals surface area contributed by atoms with E-state index in [2.05, 4.69) is 46.4 Å². The maximum atomic E-state index is 4.50. The molecule has 17 heavy (non-hydrogen) atoms. The van der Waals surface area contributed by atoms with Gasteiger partial charge in [-0.05, 0) is 45.7 Å². The van der Waals surface area contributed by atoms with Crippen LogP contribution in [-0.2, 0) is 0 Å². The van der Waals surface area contributed by atoms with Crippen molar-refractivity contribution in [1.82, 2.24) is 0 Å². The van der Waals surface area contributed by atoms with Crippen molar-refractivity contribution in [3.63, 3.8) is 0 Å². The summed E-state index contributed by atoms with van der Waals surface area (Å²) in [5.74, 6) is 0. The maximum Gasteiger partial charge on any atom is -0.0195 e. The van der Waals surface area contributed by atoms with Gasteiger partial charge in [-0.2, -0.15) is 0 Å². The summed E-state index contributed by atoms with van der Waals surface area (Å²) in [4.78, 5) is 0. The number of allylic oxidation sites excluding steroid dienone is 4. The Balaban J connectivity index is -0.000000439. The van der Waals surface area contributed by atoms with Gasteiger partial charge in [-0.25, -0.2) is 0 Å². The van der Waals surface area contributed by atoms with Crippen LogP contribution in [0.5, 0.6) is 0 Å². The zero-order valence-corrected chi connectivity index (χ0v) is 13.5. The number of rotatable bonds is 5. The second-order valence-corrected chi connectivity index (χ2v) is 3.75. The molecule has 0 radical (unpaired) electrons. The standard InChI is InChI=1S/C13H24.C2H6.CH5N/c1-6-9-11(4)10-13(8-3)12(5)7-2;2*1-2/h10H,6-9H2,1-5H3;1-2H3;2H2,1H3/b11-10-,13-12+;;. The lowest BCUT2D eigenvalue weighted by Crippen LogP contribution is -1.85. The second kappa shape index (κ2) is 17.8. The highest BCUT2D eigenvalue weighted by molar-refractivity contribution is 5.27. The normalized spacial score (nSPS) is 11.7. The topological polar surface area (TPSA) is 26.0 Å². The van der Waals surface area contributed by atoms with Crippen LogP contribution in [0.4, 0.5) is 0 Å². The fourth-order valence-corrected chi connectivity index (χ4v) is 1.52. The Labute approximate surface area is 110 Å².